The second-order valence-electron chi connectivity index (χ2n) is 7.18. The van der Waals surface area contributed by atoms with Crippen molar-refractivity contribution >= 4 is 80.2 Å². The van der Waals surface area contributed by atoms with Crippen LogP contribution in [0, 0.1) is 7.14 Å². The normalized spacial score (nSPS) is 15.9. The van der Waals surface area contributed by atoms with E-state index in [0.717, 1.165) is 9.13 Å². The number of phenolic OH excluding ortho intramolecular Hbond substituents is 1. The minimum atomic E-state index is -0.704. The Bertz CT molecular complexity index is 1480. The summed E-state index contributed by atoms with van der Waals surface area (Å²) in [5.74, 6) is -0.405. The summed E-state index contributed by atoms with van der Waals surface area (Å²) in [5, 5.41) is 11.0. The summed E-state index contributed by atoms with van der Waals surface area (Å²) in [6.07, 6.45) is 1.66. The second kappa shape index (κ2) is 9.88. The zero-order valence-corrected chi connectivity index (χ0v) is 23.3. The number of thiazole rings is 1. The van der Waals surface area contributed by atoms with E-state index in [1.165, 1.54) is 15.9 Å². The van der Waals surface area contributed by atoms with E-state index in [1.54, 1.807) is 44.2 Å². The molecule has 2 heterocycles. The number of halogens is 3. The molecular weight excluding hydrogens is 690 g/mol. The molecule has 3 aromatic rings. The summed E-state index contributed by atoms with van der Waals surface area (Å²) in [5.41, 5.74) is 1.76. The van der Waals surface area contributed by atoms with Gasteiger partial charge in [0.1, 0.15) is 5.75 Å². The van der Waals surface area contributed by atoms with Crippen molar-refractivity contribution in [2.75, 3.05) is 6.61 Å². The van der Waals surface area contributed by atoms with Crippen LogP contribution in [0.25, 0.3) is 6.08 Å². The zero-order chi connectivity index (χ0) is 23.9. The Kier molecular flexibility index (Phi) is 7.32. The van der Waals surface area contributed by atoms with Gasteiger partial charge in [0.25, 0.3) is 5.56 Å². The molecule has 0 aliphatic carbocycles. The lowest BCUT2D eigenvalue weighted by molar-refractivity contribution is -0.139. The maximum absolute atomic E-state index is 13.6. The number of aromatic hydroxyl groups is 1. The molecule has 0 amide bonds. The van der Waals surface area contributed by atoms with E-state index >= 15 is 0 Å². The van der Waals surface area contributed by atoms with E-state index < -0.39 is 12.0 Å². The molecule has 33 heavy (non-hydrogen) atoms. The fourth-order valence-corrected chi connectivity index (χ4v) is 6.64. The summed E-state index contributed by atoms with van der Waals surface area (Å²) < 4.78 is 8.83. The van der Waals surface area contributed by atoms with Crippen molar-refractivity contribution in [3.05, 3.63) is 90.6 Å². The Hall–Kier alpha value is -1.70. The lowest BCUT2D eigenvalue weighted by atomic mass is 9.96. The number of hydrogen-bond donors (Lipinski definition) is 1. The molecule has 0 spiro atoms. The molecule has 0 radical (unpaired) electrons. The summed E-state index contributed by atoms with van der Waals surface area (Å²) in [4.78, 5) is 31.5. The second-order valence-corrected chi connectivity index (χ2v) is 11.0. The van der Waals surface area contributed by atoms with Crippen LogP contribution in [0.5, 0.6) is 5.75 Å². The highest BCUT2D eigenvalue weighted by atomic mass is 127. The number of fused-ring (bicyclic) bond motifs is 1. The lowest BCUT2D eigenvalue weighted by Crippen LogP contribution is -2.39. The van der Waals surface area contributed by atoms with Gasteiger partial charge in [0.15, 0.2) is 4.80 Å². The van der Waals surface area contributed by atoms with Gasteiger partial charge in [0, 0.05) is 14.2 Å². The van der Waals surface area contributed by atoms with Crippen LogP contribution in [0.15, 0.2) is 57.5 Å². The number of allylic oxidation sites excluding steroid dienone is 1. The molecule has 1 aliphatic rings. The van der Waals surface area contributed by atoms with Crippen LogP contribution in [0.4, 0.5) is 0 Å². The number of ether oxygens (including phenoxy) is 1. The van der Waals surface area contributed by atoms with E-state index in [9.17, 15) is 14.7 Å². The van der Waals surface area contributed by atoms with Gasteiger partial charge in [-0.3, -0.25) is 9.36 Å². The number of carbonyl (C=O) groups excluding carboxylic acids is 1. The Morgan fingerprint density at radius 3 is 2.67 bits per heavy atom. The Morgan fingerprint density at radius 1 is 1.30 bits per heavy atom. The molecular formula is C23H17ClI2N2O4S. The quantitative estimate of drug-likeness (QED) is 0.323. The van der Waals surface area contributed by atoms with Crippen molar-refractivity contribution in [1.82, 2.24) is 4.57 Å². The highest BCUT2D eigenvalue weighted by molar-refractivity contribution is 14.1. The van der Waals surface area contributed by atoms with Gasteiger partial charge in [0.05, 0.1) is 32.0 Å². The van der Waals surface area contributed by atoms with Crippen LogP contribution in [-0.4, -0.2) is 22.2 Å². The van der Waals surface area contributed by atoms with E-state index in [4.69, 9.17) is 16.3 Å². The van der Waals surface area contributed by atoms with E-state index in [2.05, 4.69) is 50.2 Å². The van der Waals surface area contributed by atoms with E-state index in [1.807, 2.05) is 12.1 Å². The first-order valence-electron chi connectivity index (χ1n) is 9.84. The number of benzene rings is 2. The molecule has 4 rings (SSSR count). The molecule has 1 aromatic heterocycles. The van der Waals surface area contributed by atoms with Gasteiger partial charge in [0.2, 0.25) is 0 Å². The maximum atomic E-state index is 13.6. The van der Waals surface area contributed by atoms with Crippen molar-refractivity contribution < 1.29 is 14.6 Å². The van der Waals surface area contributed by atoms with Crippen LogP contribution in [0.3, 0.4) is 0 Å². The van der Waals surface area contributed by atoms with Gasteiger partial charge in [-0.15, -0.1) is 0 Å². The van der Waals surface area contributed by atoms with Gasteiger partial charge in [-0.1, -0.05) is 35.1 Å². The molecule has 170 valence electrons. The first-order valence-corrected chi connectivity index (χ1v) is 13.2. The summed E-state index contributed by atoms with van der Waals surface area (Å²) in [6, 6.07) is 9.97. The third-order valence-corrected chi connectivity index (χ3v) is 7.73. The Balaban J connectivity index is 1.98. The number of hydrogen-bond acceptors (Lipinski definition) is 6. The third-order valence-electron chi connectivity index (χ3n) is 5.05. The minimum Gasteiger partial charge on any atom is -0.506 e. The van der Waals surface area contributed by atoms with E-state index in [-0.39, 0.29) is 17.9 Å². The molecule has 6 nitrogen and oxygen atoms in total. The first kappa shape index (κ1) is 24.4. The zero-order valence-electron chi connectivity index (χ0n) is 17.4. The summed E-state index contributed by atoms with van der Waals surface area (Å²) in [6.45, 7) is 3.67. The highest BCUT2D eigenvalue weighted by Gasteiger charge is 2.33. The molecule has 0 fully saturated rings. The van der Waals surface area contributed by atoms with Gasteiger partial charge < -0.3 is 9.84 Å². The average molecular weight is 707 g/mol. The van der Waals surface area contributed by atoms with Crippen molar-refractivity contribution in [2.24, 2.45) is 4.99 Å². The SMILES string of the molecule is CCOC(=O)C1=C(C)N=c2sc(=Cc3cc(I)cc(I)c3O)c(=O)n2C1c1ccc(Cl)cc1. The predicted molar refractivity (Wildman–Crippen MR) is 145 cm³/mol. The number of esters is 1. The molecule has 1 N–H and O–H groups in total. The molecule has 0 bridgehead atoms. The third kappa shape index (κ3) is 4.77. The van der Waals surface area contributed by atoms with Crippen molar-refractivity contribution in [1.29, 1.82) is 0 Å². The van der Waals surface area contributed by atoms with Crippen molar-refractivity contribution in [3.8, 4) is 5.75 Å². The highest BCUT2D eigenvalue weighted by Crippen LogP contribution is 2.31. The van der Waals surface area contributed by atoms with Crippen LogP contribution < -0.4 is 14.9 Å². The smallest absolute Gasteiger partial charge is 0.338 e. The van der Waals surface area contributed by atoms with Crippen LogP contribution in [0.2, 0.25) is 5.02 Å². The molecule has 0 saturated heterocycles. The summed E-state index contributed by atoms with van der Waals surface area (Å²) >= 11 is 11.5. The van der Waals surface area contributed by atoms with Crippen molar-refractivity contribution in [3.63, 3.8) is 0 Å². The molecule has 2 aromatic carbocycles. The molecule has 0 saturated carbocycles. The van der Waals surface area contributed by atoms with Crippen LogP contribution in [-0.2, 0) is 9.53 Å². The molecule has 1 aliphatic heterocycles. The van der Waals surface area contributed by atoms with Gasteiger partial charge in [-0.25, -0.2) is 9.79 Å². The Morgan fingerprint density at radius 2 is 2.00 bits per heavy atom. The molecule has 1 unspecified atom stereocenters. The standard InChI is InChI=1S/C23H17ClI2N2O4S/c1-3-32-22(31)18-11(2)27-23-28(19(18)12-4-6-14(24)7-5-12)21(30)17(33-23)9-13-8-15(25)10-16(26)20(13)29/h4-10,19,29H,3H2,1-2H3. The largest absolute Gasteiger partial charge is 0.506 e. The lowest BCUT2D eigenvalue weighted by Gasteiger charge is -2.24. The Labute approximate surface area is 225 Å². The number of aromatic nitrogens is 1. The fourth-order valence-electron chi connectivity index (χ4n) is 3.59. The topological polar surface area (TPSA) is 80.9 Å². The molecule has 10 heteroatoms. The average Bonchev–Trinajstić information content (AvgIpc) is 3.06. The van der Waals surface area contributed by atoms with Crippen LogP contribution in [0.1, 0.15) is 31.0 Å². The van der Waals surface area contributed by atoms with E-state index in [0.29, 0.717) is 34.8 Å². The predicted octanol–water partition coefficient (Wildman–Crippen LogP) is 4.37. The number of nitrogens with zero attached hydrogens (tertiary/aromatic N) is 2. The summed E-state index contributed by atoms with van der Waals surface area (Å²) in [7, 11) is 0. The minimum absolute atomic E-state index is 0.111. The van der Waals surface area contributed by atoms with Gasteiger partial charge in [-0.2, -0.15) is 0 Å². The maximum Gasteiger partial charge on any atom is 0.338 e. The van der Waals surface area contributed by atoms with Crippen molar-refractivity contribution in [2.45, 2.75) is 19.9 Å². The van der Waals surface area contributed by atoms with Gasteiger partial charge >= 0.3 is 5.97 Å². The van der Waals surface area contributed by atoms with Crippen LogP contribution >= 0.6 is 68.1 Å². The number of rotatable bonds is 4. The molecule has 1 atom stereocenters. The van der Waals surface area contributed by atoms with Gasteiger partial charge in [-0.05, 0) is 94.9 Å². The first-order chi connectivity index (χ1) is 15.7. The number of carbonyl (C=O) groups is 1. The fraction of sp³-hybridized carbons (Fsp3) is 0.174. The number of phenols is 1. The monoisotopic (exact) mass is 706 g/mol.